The second kappa shape index (κ2) is 5.05. The van der Waals surface area contributed by atoms with E-state index >= 15 is 0 Å². The number of esters is 1. The summed E-state index contributed by atoms with van der Waals surface area (Å²) >= 11 is 0. The third-order valence-corrected chi connectivity index (χ3v) is 2.01. The monoisotopic (exact) mass is 218 g/mol. The molecule has 0 saturated carbocycles. The summed E-state index contributed by atoms with van der Waals surface area (Å²) in [5, 5.41) is 8.48. The van der Waals surface area contributed by atoms with Crippen LogP contribution in [0.15, 0.2) is 24.3 Å². The van der Waals surface area contributed by atoms with E-state index in [-0.39, 0.29) is 0 Å². The molecular weight excluding hydrogens is 208 g/mol. The molecule has 1 rings (SSSR count). The second-order valence-electron chi connectivity index (χ2n) is 3.04. The minimum Gasteiger partial charge on any atom is -0.465 e. The molecule has 5 heteroatoms. The molecule has 1 atom stereocenters. The van der Waals surface area contributed by atoms with Gasteiger partial charge in [-0.15, -0.1) is 0 Å². The van der Waals surface area contributed by atoms with Gasteiger partial charge in [-0.25, -0.2) is 4.79 Å². The van der Waals surface area contributed by atoms with Gasteiger partial charge in [-0.05, 0) is 12.1 Å². The van der Waals surface area contributed by atoms with E-state index in [0.717, 1.165) is 0 Å². The SMILES string of the molecule is COC(=O)c1ccc(C(=O)C(N)C#N)cc1. The van der Waals surface area contributed by atoms with E-state index in [4.69, 9.17) is 11.0 Å². The van der Waals surface area contributed by atoms with Crippen LogP contribution in [0.3, 0.4) is 0 Å². The molecule has 0 fully saturated rings. The number of carbonyl (C=O) groups excluding carboxylic acids is 2. The van der Waals surface area contributed by atoms with Crippen LogP contribution in [0.25, 0.3) is 0 Å². The lowest BCUT2D eigenvalue weighted by molar-refractivity contribution is 0.0600. The minimum absolute atomic E-state index is 0.293. The smallest absolute Gasteiger partial charge is 0.337 e. The summed E-state index contributed by atoms with van der Waals surface area (Å²) in [5.74, 6) is -0.956. The quantitative estimate of drug-likeness (QED) is 0.589. The number of benzene rings is 1. The van der Waals surface area contributed by atoms with E-state index in [1.165, 1.54) is 31.4 Å². The van der Waals surface area contributed by atoms with Crippen molar-refractivity contribution in [2.45, 2.75) is 6.04 Å². The average molecular weight is 218 g/mol. The molecule has 1 aromatic rings. The summed E-state index contributed by atoms with van der Waals surface area (Å²) in [5.41, 5.74) is 5.90. The Kier molecular flexibility index (Phi) is 3.75. The standard InChI is InChI=1S/C11H10N2O3/c1-16-11(15)8-4-2-7(3-5-8)10(14)9(13)6-12/h2-5,9H,13H2,1H3. The van der Waals surface area contributed by atoms with Crippen LogP contribution in [0.4, 0.5) is 0 Å². The first kappa shape index (κ1) is 11.9. The number of carbonyl (C=O) groups is 2. The molecule has 0 aliphatic heterocycles. The van der Waals surface area contributed by atoms with Crippen molar-refractivity contribution in [1.82, 2.24) is 0 Å². The molecule has 0 bridgehead atoms. The zero-order valence-electron chi connectivity index (χ0n) is 8.64. The Balaban J connectivity index is 2.92. The highest BCUT2D eigenvalue weighted by Gasteiger charge is 2.15. The predicted molar refractivity (Wildman–Crippen MR) is 55.7 cm³/mol. The zero-order valence-corrected chi connectivity index (χ0v) is 8.64. The van der Waals surface area contributed by atoms with E-state index in [1.54, 1.807) is 6.07 Å². The summed E-state index contributed by atoms with van der Waals surface area (Å²) in [6, 6.07) is 6.24. The molecule has 82 valence electrons. The van der Waals surface area contributed by atoms with Gasteiger partial charge in [-0.1, -0.05) is 12.1 Å². The first-order valence-electron chi connectivity index (χ1n) is 4.48. The largest absolute Gasteiger partial charge is 0.465 e. The molecule has 0 amide bonds. The van der Waals surface area contributed by atoms with Crippen molar-refractivity contribution >= 4 is 11.8 Å². The molecule has 0 aliphatic rings. The predicted octanol–water partition coefficient (Wildman–Crippen LogP) is 0.507. The van der Waals surface area contributed by atoms with Crippen molar-refractivity contribution in [2.75, 3.05) is 7.11 Å². The number of rotatable bonds is 3. The Morgan fingerprint density at radius 3 is 2.25 bits per heavy atom. The maximum atomic E-state index is 11.5. The van der Waals surface area contributed by atoms with Crippen LogP contribution in [0.5, 0.6) is 0 Å². The van der Waals surface area contributed by atoms with Crippen molar-refractivity contribution in [1.29, 1.82) is 5.26 Å². The minimum atomic E-state index is -1.18. The first-order chi connectivity index (χ1) is 7.60. The van der Waals surface area contributed by atoms with Crippen molar-refractivity contribution < 1.29 is 14.3 Å². The van der Waals surface area contributed by atoms with Crippen LogP contribution >= 0.6 is 0 Å². The lowest BCUT2D eigenvalue weighted by Gasteiger charge is -2.03. The van der Waals surface area contributed by atoms with Crippen LogP contribution in [-0.4, -0.2) is 24.9 Å². The van der Waals surface area contributed by atoms with Crippen LogP contribution in [-0.2, 0) is 4.74 Å². The van der Waals surface area contributed by atoms with Gasteiger partial charge in [0, 0.05) is 5.56 Å². The summed E-state index contributed by atoms with van der Waals surface area (Å²) in [4.78, 5) is 22.6. The highest BCUT2D eigenvalue weighted by Crippen LogP contribution is 2.07. The fraction of sp³-hybridized carbons (Fsp3) is 0.182. The fourth-order valence-electron chi connectivity index (χ4n) is 1.13. The van der Waals surface area contributed by atoms with Crippen LogP contribution < -0.4 is 5.73 Å². The normalized spacial score (nSPS) is 11.3. The maximum Gasteiger partial charge on any atom is 0.337 e. The molecule has 5 nitrogen and oxygen atoms in total. The Morgan fingerprint density at radius 2 is 1.81 bits per heavy atom. The molecule has 0 radical (unpaired) electrons. The van der Waals surface area contributed by atoms with Crippen molar-refractivity contribution in [3.05, 3.63) is 35.4 Å². The number of Topliss-reactive ketones (excluding diaryl/α,β-unsaturated/α-hetero) is 1. The van der Waals surface area contributed by atoms with E-state index in [1.807, 2.05) is 0 Å². The van der Waals surface area contributed by atoms with Crippen LogP contribution in [0.1, 0.15) is 20.7 Å². The highest BCUT2D eigenvalue weighted by atomic mass is 16.5. The van der Waals surface area contributed by atoms with Crippen molar-refractivity contribution in [3.8, 4) is 6.07 Å². The van der Waals surface area contributed by atoms with Gasteiger partial charge < -0.3 is 10.5 Å². The zero-order chi connectivity index (χ0) is 12.1. The van der Waals surface area contributed by atoms with Gasteiger partial charge in [0.1, 0.15) is 0 Å². The number of ketones is 1. The van der Waals surface area contributed by atoms with Gasteiger partial charge in [0.15, 0.2) is 11.8 Å². The topological polar surface area (TPSA) is 93.2 Å². The Hall–Kier alpha value is -2.19. The van der Waals surface area contributed by atoms with Gasteiger partial charge in [0.05, 0.1) is 18.7 Å². The fourth-order valence-corrected chi connectivity index (χ4v) is 1.13. The van der Waals surface area contributed by atoms with Gasteiger partial charge >= 0.3 is 5.97 Å². The lowest BCUT2D eigenvalue weighted by atomic mass is 10.0. The van der Waals surface area contributed by atoms with E-state index in [0.29, 0.717) is 11.1 Å². The lowest BCUT2D eigenvalue weighted by Crippen LogP contribution is -2.28. The average Bonchev–Trinajstić information content (AvgIpc) is 2.36. The molecule has 2 N–H and O–H groups in total. The van der Waals surface area contributed by atoms with E-state index in [9.17, 15) is 9.59 Å². The molecule has 0 spiro atoms. The third-order valence-electron chi connectivity index (χ3n) is 2.01. The number of hydrogen-bond acceptors (Lipinski definition) is 5. The molecule has 1 unspecified atom stereocenters. The van der Waals surface area contributed by atoms with Gasteiger partial charge in [0.2, 0.25) is 0 Å². The Bertz CT molecular complexity index is 445. The molecule has 0 aromatic heterocycles. The Labute approximate surface area is 92.4 Å². The highest BCUT2D eigenvalue weighted by molar-refractivity contribution is 6.02. The Morgan fingerprint density at radius 1 is 1.31 bits per heavy atom. The van der Waals surface area contributed by atoms with Crippen molar-refractivity contribution in [3.63, 3.8) is 0 Å². The summed E-state index contributed by atoms with van der Waals surface area (Å²) in [7, 11) is 1.27. The van der Waals surface area contributed by atoms with E-state index < -0.39 is 17.8 Å². The summed E-state index contributed by atoms with van der Waals surface area (Å²) in [6.45, 7) is 0. The number of nitrogens with two attached hydrogens (primary N) is 1. The molecule has 16 heavy (non-hydrogen) atoms. The maximum absolute atomic E-state index is 11.5. The van der Waals surface area contributed by atoms with Crippen molar-refractivity contribution in [2.24, 2.45) is 5.73 Å². The molecule has 0 heterocycles. The number of hydrogen-bond donors (Lipinski definition) is 1. The van der Waals surface area contributed by atoms with Gasteiger partial charge in [0.25, 0.3) is 0 Å². The van der Waals surface area contributed by atoms with Gasteiger partial charge in [-0.2, -0.15) is 5.26 Å². The second-order valence-corrected chi connectivity index (χ2v) is 3.04. The molecule has 0 saturated heterocycles. The van der Waals surface area contributed by atoms with Gasteiger partial charge in [-0.3, -0.25) is 4.79 Å². The summed E-state index contributed by atoms with van der Waals surface area (Å²) < 4.78 is 4.50. The molecule has 0 aliphatic carbocycles. The van der Waals surface area contributed by atoms with Crippen LogP contribution in [0, 0.1) is 11.3 Å². The molecular formula is C11H10N2O3. The molecule has 1 aromatic carbocycles. The summed E-state index contributed by atoms with van der Waals surface area (Å²) in [6.07, 6.45) is 0. The third kappa shape index (κ3) is 2.43. The number of ether oxygens (including phenoxy) is 1. The number of methoxy groups -OCH3 is 1. The van der Waals surface area contributed by atoms with Crippen LogP contribution in [0.2, 0.25) is 0 Å². The first-order valence-corrected chi connectivity index (χ1v) is 4.48. The number of nitriles is 1. The van der Waals surface area contributed by atoms with E-state index in [2.05, 4.69) is 4.74 Å². The number of nitrogens with zero attached hydrogens (tertiary/aromatic N) is 1.